The summed E-state index contributed by atoms with van der Waals surface area (Å²) in [6, 6.07) is 0. The monoisotopic (exact) mass is 460 g/mol. The van der Waals surface area contributed by atoms with Gasteiger partial charge in [-0.3, -0.25) is 9.59 Å². The van der Waals surface area contributed by atoms with Crippen molar-refractivity contribution >= 4 is 11.6 Å². The molecule has 4 aliphatic carbocycles. The lowest BCUT2D eigenvalue weighted by molar-refractivity contribution is -0.159. The van der Waals surface area contributed by atoms with Gasteiger partial charge in [0.2, 0.25) is 0 Å². The van der Waals surface area contributed by atoms with Gasteiger partial charge in [0.15, 0.2) is 0 Å². The zero-order chi connectivity index (χ0) is 24.0. The van der Waals surface area contributed by atoms with E-state index in [1.807, 2.05) is 0 Å². The van der Waals surface area contributed by atoms with Gasteiger partial charge in [0, 0.05) is 32.3 Å². The van der Waals surface area contributed by atoms with Crippen molar-refractivity contribution in [2.24, 2.45) is 52.3 Å². The number of hydrogen-bond acceptors (Lipinski definition) is 4. The van der Waals surface area contributed by atoms with Gasteiger partial charge in [0.25, 0.3) is 0 Å². The molecule has 4 saturated carbocycles. The first-order valence-electron chi connectivity index (χ1n) is 13.7. The number of methoxy groups -OCH3 is 1. The summed E-state index contributed by atoms with van der Waals surface area (Å²) in [7, 11) is 1.70. The summed E-state index contributed by atoms with van der Waals surface area (Å²) in [6.07, 6.45) is 10.7. The molecule has 0 aromatic heterocycles. The molecule has 0 spiro atoms. The van der Waals surface area contributed by atoms with Gasteiger partial charge in [-0.2, -0.15) is 0 Å². The molecule has 0 heterocycles. The van der Waals surface area contributed by atoms with Gasteiger partial charge >= 0.3 is 0 Å². The minimum absolute atomic E-state index is 0.0811. The van der Waals surface area contributed by atoms with Gasteiger partial charge in [0.05, 0.1) is 6.10 Å². The van der Waals surface area contributed by atoms with Crippen molar-refractivity contribution in [3.8, 4) is 0 Å². The van der Waals surface area contributed by atoms with Gasteiger partial charge in [-0.15, -0.1) is 0 Å². The number of ketones is 2. The fourth-order valence-electron chi connectivity index (χ4n) is 9.26. The van der Waals surface area contributed by atoms with Crippen molar-refractivity contribution in [3.05, 3.63) is 0 Å². The zero-order valence-electron chi connectivity index (χ0n) is 22.0. The SMILES string of the molecule is COCO[C@H]1CC[C@@]2(C)[C@@H](CC[C@@H]3[C@@H]2CC[C@]2(C)[C@@H]([C@H](C)CC(=O)CC(C)C)CC(=O)[C@@H]32)C1. The van der Waals surface area contributed by atoms with E-state index in [1.165, 1.54) is 25.7 Å². The quantitative estimate of drug-likeness (QED) is 0.390. The normalized spacial score (nSPS) is 43.7. The molecule has 188 valence electrons. The Labute approximate surface area is 201 Å². The second kappa shape index (κ2) is 9.72. The van der Waals surface area contributed by atoms with Crippen LogP contribution in [0.4, 0.5) is 0 Å². The van der Waals surface area contributed by atoms with Crippen molar-refractivity contribution in [2.45, 2.75) is 105 Å². The Morgan fingerprint density at radius 3 is 2.45 bits per heavy atom. The van der Waals surface area contributed by atoms with E-state index in [1.54, 1.807) is 7.11 Å². The number of rotatable bonds is 8. The Balaban J connectivity index is 1.48. The summed E-state index contributed by atoms with van der Waals surface area (Å²) in [4.78, 5) is 26.1. The predicted octanol–water partition coefficient (Wildman–Crippen LogP) is 6.45. The molecule has 0 N–H and O–H groups in total. The van der Waals surface area contributed by atoms with E-state index in [0.717, 1.165) is 19.3 Å². The van der Waals surface area contributed by atoms with Crippen LogP contribution in [0.1, 0.15) is 98.8 Å². The first-order valence-corrected chi connectivity index (χ1v) is 13.7. The number of carbonyl (C=O) groups is 2. The largest absolute Gasteiger partial charge is 0.359 e. The molecule has 0 radical (unpaired) electrons. The van der Waals surface area contributed by atoms with E-state index in [2.05, 4.69) is 34.6 Å². The maximum Gasteiger partial charge on any atom is 0.146 e. The van der Waals surface area contributed by atoms with Crippen molar-refractivity contribution in [1.82, 2.24) is 0 Å². The Bertz CT molecular complexity index is 731. The maximum atomic E-state index is 13.6. The van der Waals surface area contributed by atoms with Crippen molar-refractivity contribution < 1.29 is 19.1 Å². The van der Waals surface area contributed by atoms with Gasteiger partial charge in [-0.1, -0.05) is 34.6 Å². The third-order valence-corrected chi connectivity index (χ3v) is 10.7. The molecule has 4 nitrogen and oxygen atoms in total. The van der Waals surface area contributed by atoms with Gasteiger partial charge in [-0.25, -0.2) is 0 Å². The van der Waals surface area contributed by atoms with E-state index >= 15 is 0 Å². The van der Waals surface area contributed by atoms with Crippen LogP contribution in [-0.2, 0) is 19.1 Å². The number of ether oxygens (including phenoxy) is 2. The van der Waals surface area contributed by atoms with E-state index in [4.69, 9.17) is 9.47 Å². The first-order chi connectivity index (χ1) is 15.6. The van der Waals surface area contributed by atoms with Crippen LogP contribution in [-0.4, -0.2) is 31.6 Å². The molecule has 4 fully saturated rings. The van der Waals surface area contributed by atoms with Crippen LogP contribution in [0.2, 0.25) is 0 Å². The van der Waals surface area contributed by atoms with Gasteiger partial charge in [0.1, 0.15) is 18.4 Å². The lowest BCUT2D eigenvalue weighted by atomic mass is 9.44. The Kier molecular flexibility index (Phi) is 7.47. The van der Waals surface area contributed by atoms with E-state index in [-0.39, 0.29) is 11.3 Å². The fraction of sp³-hybridized carbons (Fsp3) is 0.931. The van der Waals surface area contributed by atoms with E-state index in [9.17, 15) is 9.59 Å². The molecule has 33 heavy (non-hydrogen) atoms. The average molecular weight is 461 g/mol. The lowest BCUT2D eigenvalue weighted by Crippen LogP contribution is -2.55. The molecule has 0 unspecified atom stereocenters. The smallest absolute Gasteiger partial charge is 0.146 e. The Morgan fingerprint density at radius 2 is 1.76 bits per heavy atom. The highest BCUT2D eigenvalue weighted by atomic mass is 16.7. The molecule has 0 saturated heterocycles. The minimum Gasteiger partial charge on any atom is -0.359 e. The average Bonchev–Trinajstić information content (AvgIpc) is 3.02. The number of fused-ring (bicyclic) bond motifs is 5. The molecule has 0 aliphatic heterocycles. The highest BCUT2D eigenvalue weighted by Gasteiger charge is 2.63. The van der Waals surface area contributed by atoms with Crippen molar-refractivity contribution in [3.63, 3.8) is 0 Å². The molecule has 0 amide bonds. The van der Waals surface area contributed by atoms with Crippen molar-refractivity contribution in [2.75, 3.05) is 13.9 Å². The second-order valence-corrected chi connectivity index (χ2v) is 13.1. The summed E-state index contributed by atoms with van der Waals surface area (Å²) in [5, 5.41) is 0. The summed E-state index contributed by atoms with van der Waals surface area (Å²) < 4.78 is 11.1. The highest BCUT2D eigenvalue weighted by molar-refractivity contribution is 5.85. The minimum atomic E-state index is 0.0811. The predicted molar refractivity (Wildman–Crippen MR) is 131 cm³/mol. The third kappa shape index (κ3) is 4.60. The topological polar surface area (TPSA) is 52.6 Å². The van der Waals surface area contributed by atoms with Crippen LogP contribution in [0.3, 0.4) is 0 Å². The molecule has 0 bridgehead atoms. The Hall–Kier alpha value is -0.740. The second-order valence-electron chi connectivity index (χ2n) is 13.1. The van der Waals surface area contributed by atoms with E-state index < -0.39 is 0 Å². The van der Waals surface area contributed by atoms with Crippen LogP contribution in [0.5, 0.6) is 0 Å². The van der Waals surface area contributed by atoms with Gasteiger partial charge < -0.3 is 9.47 Å². The maximum absolute atomic E-state index is 13.6. The molecule has 4 heteroatoms. The number of Topliss-reactive ketones (excluding diaryl/α,β-unsaturated/α-hetero) is 2. The molecular weight excluding hydrogens is 412 g/mol. The highest BCUT2D eigenvalue weighted by Crippen LogP contribution is 2.67. The molecule has 0 aromatic carbocycles. The van der Waals surface area contributed by atoms with Crippen LogP contribution >= 0.6 is 0 Å². The molecule has 4 aliphatic rings. The van der Waals surface area contributed by atoms with Crippen LogP contribution in [0, 0.1) is 52.3 Å². The van der Waals surface area contributed by atoms with Crippen LogP contribution in [0.15, 0.2) is 0 Å². The Morgan fingerprint density at radius 1 is 1.03 bits per heavy atom. The van der Waals surface area contributed by atoms with Crippen molar-refractivity contribution in [1.29, 1.82) is 0 Å². The summed E-state index contributed by atoms with van der Waals surface area (Å²) in [5.41, 5.74) is 0.423. The van der Waals surface area contributed by atoms with E-state index in [0.29, 0.717) is 84.6 Å². The molecule has 0 aromatic rings. The summed E-state index contributed by atoms with van der Waals surface area (Å²) in [5.74, 6) is 4.12. The fourth-order valence-corrected chi connectivity index (χ4v) is 9.26. The lowest BCUT2D eigenvalue weighted by Gasteiger charge is -2.60. The van der Waals surface area contributed by atoms with Crippen LogP contribution in [0.25, 0.3) is 0 Å². The standard InChI is InChI=1S/C29H48O4/c1-18(2)13-21(30)14-19(3)25-16-26(31)27-23-8-7-20-15-22(33-17-32-6)9-11-28(20,4)24(23)10-12-29(25,27)5/h18-20,22-25,27H,7-17H2,1-6H3/t19-,20+,22+,23-,24+,25-,27-,28+,29-/m1/s1. The first kappa shape index (κ1) is 25.4. The summed E-state index contributed by atoms with van der Waals surface area (Å²) >= 11 is 0. The molecular formula is C29H48O4. The van der Waals surface area contributed by atoms with Gasteiger partial charge in [-0.05, 0) is 91.3 Å². The summed E-state index contributed by atoms with van der Waals surface area (Å²) in [6.45, 7) is 11.8. The molecule has 4 rings (SSSR count). The number of hydrogen-bond donors (Lipinski definition) is 0. The van der Waals surface area contributed by atoms with Crippen LogP contribution < -0.4 is 0 Å². The molecule has 9 atom stereocenters. The third-order valence-electron chi connectivity index (χ3n) is 10.7. The zero-order valence-corrected chi connectivity index (χ0v) is 22.0. The number of carbonyl (C=O) groups excluding carboxylic acids is 2.